The van der Waals surface area contributed by atoms with Gasteiger partial charge >= 0.3 is 12.4 Å². The first-order chi connectivity index (χ1) is 14.7. The molecule has 8 heteroatoms. The third-order valence-corrected chi connectivity index (χ3v) is 5.20. The van der Waals surface area contributed by atoms with Crippen molar-refractivity contribution in [1.29, 1.82) is 0 Å². The molecule has 3 rings (SSSR count). The van der Waals surface area contributed by atoms with E-state index in [0.717, 1.165) is 11.1 Å². The standard InChI is InChI=1S/C23H26O8/c1-23(2,21(25)29-4)12-30-19-16(9-11-18(20(19)28-3)31-22(26)27)13-6-5-7-15-14(13)8-10-17(15)24/h5-7,9,11,22,26-27H,8,10,12H2,1-4H3. The van der Waals surface area contributed by atoms with E-state index in [1.807, 2.05) is 6.07 Å². The lowest BCUT2D eigenvalue weighted by molar-refractivity contribution is -0.180. The Labute approximate surface area is 180 Å². The van der Waals surface area contributed by atoms with Gasteiger partial charge in [0, 0.05) is 17.5 Å². The van der Waals surface area contributed by atoms with Gasteiger partial charge in [-0.3, -0.25) is 9.59 Å². The number of ether oxygens (including phenoxy) is 4. The molecule has 0 heterocycles. The van der Waals surface area contributed by atoms with Gasteiger partial charge in [0.1, 0.15) is 6.61 Å². The number of carbonyl (C=O) groups is 2. The van der Waals surface area contributed by atoms with Crippen LogP contribution >= 0.6 is 0 Å². The highest BCUT2D eigenvalue weighted by Gasteiger charge is 2.32. The SMILES string of the molecule is COC(=O)C(C)(C)COc1c(-c2cccc3c2CCC3=O)ccc(OC(O)O)c1OC. The van der Waals surface area contributed by atoms with E-state index >= 15 is 0 Å². The Hall–Kier alpha value is -3.10. The molecule has 166 valence electrons. The average Bonchev–Trinajstić information content (AvgIpc) is 3.12. The third kappa shape index (κ3) is 4.50. The molecule has 0 spiro atoms. The summed E-state index contributed by atoms with van der Waals surface area (Å²) >= 11 is 0. The molecule has 2 aromatic carbocycles. The molecule has 0 saturated carbocycles. The molecule has 0 aromatic heterocycles. The number of methoxy groups -OCH3 is 2. The maximum atomic E-state index is 12.2. The number of benzene rings is 2. The summed E-state index contributed by atoms with van der Waals surface area (Å²) in [5.41, 5.74) is 2.04. The maximum absolute atomic E-state index is 12.2. The minimum Gasteiger partial charge on any atom is -0.490 e. The molecule has 1 aliphatic rings. The van der Waals surface area contributed by atoms with E-state index in [0.29, 0.717) is 24.0 Å². The van der Waals surface area contributed by atoms with Crippen molar-refractivity contribution in [2.75, 3.05) is 20.8 Å². The minimum absolute atomic E-state index is 0.0396. The summed E-state index contributed by atoms with van der Waals surface area (Å²) < 4.78 is 21.4. The highest BCUT2D eigenvalue weighted by Crippen LogP contribution is 2.47. The van der Waals surface area contributed by atoms with E-state index in [4.69, 9.17) is 18.9 Å². The van der Waals surface area contributed by atoms with Crippen LogP contribution in [0, 0.1) is 5.41 Å². The monoisotopic (exact) mass is 430 g/mol. The number of aliphatic hydroxyl groups is 2. The lowest BCUT2D eigenvalue weighted by Gasteiger charge is -2.25. The number of ketones is 1. The van der Waals surface area contributed by atoms with Crippen molar-refractivity contribution in [2.45, 2.75) is 33.2 Å². The fourth-order valence-corrected chi connectivity index (χ4v) is 3.63. The third-order valence-electron chi connectivity index (χ3n) is 5.20. The maximum Gasteiger partial charge on any atom is 0.314 e. The Morgan fingerprint density at radius 2 is 1.74 bits per heavy atom. The molecule has 0 atom stereocenters. The number of rotatable bonds is 8. The van der Waals surface area contributed by atoms with Gasteiger partial charge in [0.15, 0.2) is 17.3 Å². The van der Waals surface area contributed by atoms with Crippen molar-refractivity contribution in [3.05, 3.63) is 41.5 Å². The summed E-state index contributed by atoms with van der Waals surface area (Å²) in [5, 5.41) is 18.5. The number of hydrogen-bond acceptors (Lipinski definition) is 8. The molecule has 31 heavy (non-hydrogen) atoms. The lowest BCUT2D eigenvalue weighted by atomic mass is 9.94. The van der Waals surface area contributed by atoms with Gasteiger partial charge in [-0.05, 0) is 43.5 Å². The van der Waals surface area contributed by atoms with Crippen LogP contribution < -0.4 is 14.2 Å². The molecule has 0 aliphatic heterocycles. The van der Waals surface area contributed by atoms with Gasteiger partial charge < -0.3 is 29.2 Å². The van der Waals surface area contributed by atoms with E-state index < -0.39 is 17.9 Å². The highest BCUT2D eigenvalue weighted by atomic mass is 16.7. The van der Waals surface area contributed by atoms with Crippen LogP contribution in [0.15, 0.2) is 30.3 Å². The smallest absolute Gasteiger partial charge is 0.314 e. The van der Waals surface area contributed by atoms with E-state index in [-0.39, 0.29) is 29.6 Å². The predicted molar refractivity (Wildman–Crippen MR) is 111 cm³/mol. The number of esters is 1. The Morgan fingerprint density at radius 1 is 1.03 bits per heavy atom. The summed E-state index contributed by atoms with van der Waals surface area (Å²) in [6.45, 7) is 1.27. The predicted octanol–water partition coefficient (Wildman–Crippen LogP) is 2.72. The summed E-state index contributed by atoms with van der Waals surface area (Å²) in [6.07, 6.45) is 1.04. The summed E-state index contributed by atoms with van der Waals surface area (Å²) in [4.78, 5) is 24.3. The van der Waals surface area contributed by atoms with Crippen molar-refractivity contribution in [3.63, 3.8) is 0 Å². The highest BCUT2D eigenvalue weighted by molar-refractivity contribution is 6.02. The second-order valence-electron chi connectivity index (χ2n) is 7.84. The molecule has 0 amide bonds. The van der Waals surface area contributed by atoms with E-state index in [2.05, 4.69) is 0 Å². The Balaban J connectivity index is 2.14. The van der Waals surface area contributed by atoms with E-state index in [1.54, 1.807) is 32.0 Å². The fraction of sp³-hybridized carbons (Fsp3) is 0.391. The van der Waals surface area contributed by atoms with Gasteiger partial charge in [-0.15, -0.1) is 0 Å². The molecule has 0 fully saturated rings. The molecule has 1 aliphatic carbocycles. The minimum atomic E-state index is -2.06. The fourth-order valence-electron chi connectivity index (χ4n) is 3.63. The van der Waals surface area contributed by atoms with Gasteiger partial charge in [-0.1, -0.05) is 18.2 Å². The van der Waals surface area contributed by atoms with Crippen molar-refractivity contribution < 1.29 is 38.7 Å². The zero-order chi connectivity index (χ0) is 22.8. The quantitative estimate of drug-likeness (QED) is 0.486. The zero-order valence-corrected chi connectivity index (χ0v) is 17.9. The van der Waals surface area contributed by atoms with Crippen LogP contribution in [-0.4, -0.2) is 49.3 Å². The second kappa shape index (κ2) is 8.95. The Morgan fingerprint density at radius 3 is 2.39 bits per heavy atom. The molecular weight excluding hydrogens is 404 g/mol. The number of carbonyl (C=O) groups excluding carboxylic acids is 2. The topological polar surface area (TPSA) is 112 Å². The van der Waals surface area contributed by atoms with Gasteiger partial charge in [0.2, 0.25) is 5.75 Å². The molecule has 2 aromatic rings. The first kappa shape index (κ1) is 22.6. The van der Waals surface area contributed by atoms with E-state index in [9.17, 15) is 19.8 Å². The number of Topliss-reactive ketones (excluding diaryl/α,β-unsaturated/α-hetero) is 1. The molecular formula is C23H26O8. The molecule has 0 bridgehead atoms. The first-order valence-electron chi connectivity index (χ1n) is 9.80. The average molecular weight is 430 g/mol. The van der Waals surface area contributed by atoms with Gasteiger partial charge in [0.05, 0.1) is 19.6 Å². The summed E-state index contributed by atoms with van der Waals surface area (Å²) in [5.74, 6) is 0.0770. The van der Waals surface area contributed by atoms with Gasteiger partial charge in [0.25, 0.3) is 0 Å². The molecule has 0 unspecified atom stereocenters. The normalized spacial score (nSPS) is 13.2. The van der Waals surface area contributed by atoms with Gasteiger partial charge in [-0.2, -0.15) is 0 Å². The molecule has 0 saturated heterocycles. The number of aliphatic hydroxyl groups excluding tert-OH is 1. The summed E-state index contributed by atoms with van der Waals surface area (Å²) in [6, 6.07) is 8.70. The van der Waals surface area contributed by atoms with Crippen molar-refractivity contribution in [3.8, 4) is 28.4 Å². The van der Waals surface area contributed by atoms with Crippen molar-refractivity contribution in [2.24, 2.45) is 5.41 Å². The van der Waals surface area contributed by atoms with Crippen LogP contribution in [0.25, 0.3) is 11.1 Å². The molecule has 2 N–H and O–H groups in total. The Kier molecular flexibility index (Phi) is 6.52. The largest absolute Gasteiger partial charge is 0.490 e. The van der Waals surface area contributed by atoms with E-state index in [1.165, 1.54) is 20.3 Å². The zero-order valence-electron chi connectivity index (χ0n) is 17.9. The van der Waals surface area contributed by atoms with Crippen molar-refractivity contribution >= 4 is 11.8 Å². The summed E-state index contributed by atoms with van der Waals surface area (Å²) in [7, 11) is 2.70. The van der Waals surface area contributed by atoms with Crippen LogP contribution in [0.2, 0.25) is 0 Å². The molecule has 0 radical (unpaired) electrons. The van der Waals surface area contributed by atoms with Crippen molar-refractivity contribution in [1.82, 2.24) is 0 Å². The van der Waals surface area contributed by atoms with Crippen LogP contribution in [0.5, 0.6) is 17.2 Å². The van der Waals surface area contributed by atoms with Crippen LogP contribution in [-0.2, 0) is 16.0 Å². The van der Waals surface area contributed by atoms with Crippen LogP contribution in [0.3, 0.4) is 0 Å². The number of fused-ring (bicyclic) bond motifs is 1. The number of hydrogen-bond donors (Lipinski definition) is 2. The second-order valence-corrected chi connectivity index (χ2v) is 7.84. The van der Waals surface area contributed by atoms with Gasteiger partial charge in [-0.25, -0.2) is 0 Å². The van der Waals surface area contributed by atoms with Crippen LogP contribution in [0.4, 0.5) is 0 Å². The van der Waals surface area contributed by atoms with Crippen LogP contribution in [0.1, 0.15) is 36.2 Å². The first-order valence-corrected chi connectivity index (χ1v) is 9.80. The Bertz CT molecular complexity index is 993. The lowest BCUT2D eigenvalue weighted by Crippen LogP contribution is -2.32. The molecule has 8 nitrogen and oxygen atoms in total.